The Bertz CT molecular complexity index is 562. The van der Waals surface area contributed by atoms with Crippen molar-refractivity contribution in [1.82, 2.24) is 0 Å². The van der Waals surface area contributed by atoms with Crippen LogP contribution in [0.5, 0.6) is 0 Å². The van der Waals surface area contributed by atoms with Gasteiger partial charge in [-0.05, 0) is 42.7 Å². The summed E-state index contributed by atoms with van der Waals surface area (Å²) < 4.78 is 0. The summed E-state index contributed by atoms with van der Waals surface area (Å²) in [4.78, 5) is 0. The van der Waals surface area contributed by atoms with Gasteiger partial charge in [0.2, 0.25) is 0 Å². The van der Waals surface area contributed by atoms with Crippen LogP contribution in [0.2, 0.25) is 10.0 Å². The van der Waals surface area contributed by atoms with E-state index < -0.39 is 0 Å². The standard InChI is InChI=1S/C13H15Cl2N3S.ClH/c1-19-13(16)17-18-6-7-3-2-4-8-9(14)5-10(15)12(18)11(7)8;/h5,7H,2-4,6H2,1H3,(H2,16,17);1H. The lowest BCUT2D eigenvalue weighted by Gasteiger charge is -2.21. The zero-order valence-corrected chi connectivity index (χ0v) is 14.2. The molecule has 0 radical (unpaired) electrons. The van der Waals surface area contributed by atoms with Crippen LogP contribution in [0.3, 0.4) is 0 Å². The molecule has 1 aromatic carbocycles. The minimum absolute atomic E-state index is 0. The normalized spacial score (nSPS) is 20.6. The van der Waals surface area contributed by atoms with Gasteiger partial charge in [0, 0.05) is 17.5 Å². The molecule has 1 heterocycles. The summed E-state index contributed by atoms with van der Waals surface area (Å²) in [6, 6.07) is 1.84. The van der Waals surface area contributed by atoms with Crippen LogP contribution in [0.15, 0.2) is 11.2 Å². The monoisotopic (exact) mass is 351 g/mol. The highest BCUT2D eigenvalue weighted by Crippen LogP contribution is 2.50. The first-order valence-corrected chi connectivity index (χ1v) is 8.26. The highest BCUT2D eigenvalue weighted by Gasteiger charge is 2.36. The van der Waals surface area contributed by atoms with Gasteiger partial charge in [0.25, 0.3) is 0 Å². The van der Waals surface area contributed by atoms with E-state index in [0.29, 0.717) is 16.1 Å². The van der Waals surface area contributed by atoms with E-state index in [1.54, 1.807) is 0 Å². The van der Waals surface area contributed by atoms with Gasteiger partial charge >= 0.3 is 0 Å². The molecule has 0 fully saturated rings. The summed E-state index contributed by atoms with van der Waals surface area (Å²) in [5.74, 6) is 0.480. The van der Waals surface area contributed by atoms with Gasteiger partial charge in [0.1, 0.15) is 0 Å². The zero-order chi connectivity index (χ0) is 13.6. The molecule has 1 unspecified atom stereocenters. The van der Waals surface area contributed by atoms with E-state index in [1.165, 1.54) is 35.7 Å². The molecule has 1 aromatic rings. The third-order valence-corrected chi connectivity index (χ3v) is 4.94. The number of nitrogens with two attached hydrogens (primary N) is 1. The molecule has 1 aliphatic carbocycles. The van der Waals surface area contributed by atoms with Gasteiger partial charge < -0.3 is 5.73 Å². The van der Waals surface area contributed by atoms with Crippen molar-refractivity contribution in [2.45, 2.75) is 25.2 Å². The Labute approximate surface area is 139 Å². The second-order valence-electron chi connectivity index (χ2n) is 4.89. The van der Waals surface area contributed by atoms with Gasteiger partial charge in [-0.3, -0.25) is 5.01 Å². The number of anilines is 1. The fraction of sp³-hybridized carbons (Fsp3) is 0.462. The topological polar surface area (TPSA) is 41.6 Å². The number of benzene rings is 1. The van der Waals surface area contributed by atoms with Crippen molar-refractivity contribution >= 4 is 58.2 Å². The van der Waals surface area contributed by atoms with E-state index >= 15 is 0 Å². The first kappa shape index (κ1) is 16.1. The van der Waals surface area contributed by atoms with Crippen LogP contribution in [0.4, 0.5) is 5.69 Å². The summed E-state index contributed by atoms with van der Waals surface area (Å²) >= 11 is 14.1. The molecule has 110 valence electrons. The maximum atomic E-state index is 6.37. The van der Waals surface area contributed by atoms with Crippen LogP contribution in [0.1, 0.15) is 29.9 Å². The first-order chi connectivity index (χ1) is 9.11. The predicted octanol–water partition coefficient (Wildman–Crippen LogP) is 4.25. The fourth-order valence-corrected chi connectivity index (χ4v) is 3.88. The highest BCUT2D eigenvalue weighted by molar-refractivity contribution is 8.13. The molecule has 0 bridgehead atoms. The van der Waals surface area contributed by atoms with Gasteiger partial charge in [-0.15, -0.1) is 17.5 Å². The number of hydrogen-bond acceptors (Lipinski definition) is 3. The quantitative estimate of drug-likeness (QED) is 0.607. The number of hydrogen-bond donors (Lipinski definition) is 1. The van der Waals surface area contributed by atoms with Crippen molar-refractivity contribution in [3.8, 4) is 0 Å². The minimum Gasteiger partial charge on any atom is -0.377 e. The summed E-state index contributed by atoms with van der Waals surface area (Å²) in [7, 11) is 0. The number of rotatable bonds is 1. The Morgan fingerprint density at radius 2 is 2.20 bits per heavy atom. The molecule has 2 N–H and O–H groups in total. The summed E-state index contributed by atoms with van der Waals surface area (Å²) in [6.07, 6.45) is 5.29. The number of amidine groups is 1. The second kappa shape index (κ2) is 6.22. The van der Waals surface area contributed by atoms with Gasteiger partial charge in [0.05, 0.1) is 10.7 Å². The Morgan fingerprint density at radius 1 is 1.45 bits per heavy atom. The molecular formula is C13H16Cl3N3S. The van der Waals surface area contributed by atoms with E-state index in [4.69, 9.17) is 28.9 Å². The van der Waals surface area contributed by atoms with E-state index in [-0.39, 0.29) is 12.4 Å². The van der Waals surface area contributed by atoms with Crippen molar-refractivity contribution in [2.75, 3.05) is 17.8 Å². The Kier molecular flexibility index (Phi) is 5.00. The average Bonchev–Trinajstić information content (AvgIpc) is 2.75. The van der Waals surface area contributed by atoms with Gasteiger partial charge in [-0.1, -0.05) is 35.0 Å². The van der Waals surface area contributed by atoms with Gasteiger partial charge in [-0.25, -0.2) is 0 Å². The van der Waals surface area contributed by atoms with Crippen LogP contribution in [0, 0.1) is 0 Å². The van der Waals surface area contributed by atoms with Crippen molar-refractivity contribution in [2.24, 2.45) is 10.8 Å². The van der Waals surface area contributed by atoms with E-state index in [1.807, 2.05) is 17.3 Å². The average molecular weight is 353 g/mol. The Balaban J connectivity index is 0.00000147. The van der Waals surface area contributed by atoms with Crippen molar-refractivity contribution in [1.29, 1.82) is 0 Å². The summed E-state index contributed by atoms with van der Waals surface area (Å²) in [5, 5.41) is 8.42. The smallest absolute Gasteiger partial charge is 0.178 e. The van der Waals surface area contributed by atoms with Gasteiger partial charge in [-0.2, -0.15) is 0 Å². The van der Waals surface area contributed by atoms with Crippen molar-refractivity contribution < 1.29 is 0 Å². The molecular weight excluding hydrogens is 337 g/mol. The van der Waals surface area contributed by atoms with Crippen LogP contribution in [-0.2, 0) is 6.42 Å². The summed E-state index contributed by atoms with van der Waals surface area (Å²) in [6.45, 7) is 0.851. The lowest BCUT2D eigenvalue weighted by atomic mass is 9.84. The zero-order valence-electron chi connectivity index (χ0n) is 11.0. The Hall–Kier alpha value is -0.290. The van der Waals surface area contributed by atoms with E-state index in [2.05, 4.69) is 5.10 Å². The highest BCUT2D eigenvalue weighted by atomic mass is 35.5. The molecule has 0 aromatic heterocycles. The molecule has 2 aliphatic rings. The molecule has 0 spiro atoms. The third kappa shape index (κ3) is 2.59. The molecule has 3 nitrogen and oxygen atoms in total. The van der Waals surface area contributed by atoms with Crippen molar-refractivity contribution in [3.63, 3.8) is 0 Å². The molecule has 20 heavy (non-hydrogen) atoms. The number of nitrogens with zero attached hydrogens (tertiary/aromatic N) is 2. The summed E-state index contributed by atoms with van der Waals surface area (Å²) in [5.41, 5.74) is 9.38. The molecule has 3 rings (SSSR count). The minimum atomic E-state index is 0. The molecule has 0 saturated carbocycles. The Morgan fingerprint density at radius 3 is 2.90 bits per heavy atom. The van der Waals surface area contributed by atoms with Gasteiger partial charge in [0.15, 0.2) is 5.17 Å². The second-order valence-corrected chi connectivity index (χ2v) is 6.54. The van der Waals surface area contributed by atoms with Crippen LogP contribution < -0.4 is 10.7 Å². The molecule has 7 heteroatoms. The van der Waals surface area contributed by atoms with E-state index in [9.17, 15) is 0 Å². The number of halogens is 3. The maximum absolute atomic E-state index is 6.37. The molecule has 1 atom stereocenters. The van der Waals surface area contributed by atoms with Crippen molar-refractivity contribution in [3.05, 3.63) is 27.2 Å². The molecule has 1 aliphatic heterocycles. The fourth-order valence-electron chi connectivity index (χ4n) is 3.03. The molecule has 0 saturated heterocycles. The lowest BCUT2D eigenvalue weighted by molar-refractivity contribution is 0.576. The number of thioether (sulfide) groups is 1. The predicted molar refractivity (Wildman–Crippen MR) is 91.9 cm³/mol. The number of hydrazone groups is 1. The van der Waals surface area contributed by atoms with Crippen LogP contribution in [0.25, 0.3) is 0 Å². The lowest BCUT2D eigenvalue weighted by Crippen LogP contribution is -2.20. The SMILES string of the molecule is CS/C(N)=N/N1CC2CCCc3c(Cl)cc(Cl)c1c32.Cl. The third-order valence-electron chi connectivity index (χ3n) is 3.82. The molecule has 0 amide bonds. The van der Waals surface area contributed by atoms with E-state index in [0.717, 1.165) is 23.7 Å². The van der Waals surface area contributed by atoms with Crippen LogP contribution >= 0.6 is 47.4 Å². The maximum Gasteiger partial charge on any atom is 0.178 e. The van der Waals surface area contributed by atoms with Crippen LogP contribution in [-0.4, -0.2) is 18.0 Å². The largest absolute Gasteiger partial charge is 0.377 e. The first-order valence-electron chi connectivity index (χ1n) is 6.28.